The highest BCUT2D eigenvalue weighted by Crippen LogP contribution is 2.42. The Bertz CT molecular complexity index is 351. The van der Waals surface area contributed by atoms with E-state index < -0.39 is 0 Å². The third kappa shape index (κ3) is 1.99. The fourth-order valence-electron chi connectivity index (χ4n) is 2.04. The summed E-state index contributed by atoms with van der Waals surface area (Å²) in [7, 11) is 0. The van der Waals surface area contributed by atoms with Gasteiger partial charge in [-0.1, -0.05) is 24.4 Å². The molecular weight excluding hydrogens is 242 g/mol. The maximum absolute atomic E-state index is 5.57. The molecule has 1 saturated heterocycles. The molecule has 0 aromatic carbocycles. The van der Waals surface area contributed by atoms with E-state index in [9.17, 15) is 0 Å². The second kappa shape index (κ2) is 3.82. The van der Waals surface area contributed by atoms with Crippen molar-refractivity contribution in [2.45, 2.75) is 32.7 Å². The maximum Gasteiger partial charge on any atom is 0.107 e. The summed E-state index contributed by atoms with van der Waals surface area (Å²) < 4.78 is 0. The van der Waals surface area contributed by atoms with Gasteiger partial charge >= 0.3 is 0 Å². The summed E-state index contributed by atoms with van der Waals surface area (Å²) in [5.74, 6) is 1.63. The Balaban J connectivity index is 2.38. The van der Waals surface area contributed by atoms with Gasteiger partial charge in [0.15, 0.2) is 0 Å². The van der Waals surface area contributed by atoms with Crippen LogP contribution in [0.15, 0.2) is 11.0 Å². The van der Waals surface area contributed by atoms with Crippen LogP contribution in [0.25, 0.3) is 0 Å². The van der Waals surface area contributed by atoms with Gasteiger partial charge in [0, 0.05) is 11.5 Å². The lowest BCUT2D eigenvalue weighted by molar-refractivity contribution is 0.339. The van der Waals surface area contributed by atoms with Crippen LogP contribution in [0.4, 0.5) is 0 Å². The normalized spacial score (nSPS) is 26.7. The van der Waals surface area contributed by atoms with Crippen molar-refractivity contribution in [1.29, 1.82) is 0 Å². The van der Waals surface area contributed by atoms with Crippen LogP contribution in [0.5, 0.6) is 0 Å². The number of hydrogen-bond acceptors (Lipinski definition) is 3. The van der Waals surface area contributed by atoms with E-state index >= 15 is 0 Å². The Kier molecular flexibility index (Phi) is 2.95. The lowest BCUT2D eigenvalue weighted by Gasteiger charge is -2.41. The molecule has 0 aromatic rings. The van der Waals surface area contributed by atoms with Gasteiger partial charge < -0.3 is 4.90 Å². The Morgan fingerprint density at radius 1 is 1.40 bits per heavy atom. The monoisotopic (exact) mass is 257 g/mol. The molecule has 0 N–H and O–H groups in total. The van der Waals surface area contributed by atoms with E-state index in [0.29, 0.717) is 5.92 Å². The number of fused-ring (bicyclic) bond motifs is 1. The highest BCUT2D eigenvalue weighted by molar-refractivity contribution is 8.03. The number of nitrogens with zero attached hydrogens (tertiary/aromatic N) is 1. The van der Waals surface area contributed by atoms with Crippen LogP contribution < -0.4 is 0 Å². The number of thioether (sulfide) groups is 1. The van der Waals surface area contributed by atoms with E-state index in [4.69, 9.17) is 24.4 Å². The summed E-state index contributed by atoms with van der Waals surface area (Å²) in [5.41, 5.74) is 0.00343. The van der Waals surface area contributed by atoms with Crippen LogP contribution in [-0.4, -0.2) is 26.2 Å². The molecule has 0 radical (unpaired) electrons. The Morgan fingerprint density at radius 3 is 2.67 bits per heavy atom. The fraction of sp³-hybridized carbons (Fsp3) is 0.636. The predicted molar refractivity (Wildman–Crippen MR) is 75.4 cm³/mol. The summed E-state index contributed by atoms with van der Waals surface area (Å²) >= 11 is 12.9. The van der Waals surface area contributed by atoms with Crippen molar-refractivity contribution in [3.05, 3.63) is 11.0 Å². The Morgan fingerprint density at radius 2 is 2.07 bits per heavy atom. The number of hydrogen-bond donors (Lipinski definition) is 0. The first-order valence-corrected chi connectivity index (χ1v) is 6.94. The van der Waals surface area contributed by atoms with Crippen molar-refractivity contribution < 1.29 is 0 Å². The predicted octanol–water partition coefficient (Wildman–Crippen LogP) is 3.39. The van der Waals surface area contributed by atoms with Gasteiger partial charge in [-0.25, -0.2) is 0 Å². The zero-order chi connectivity index (χ0) is 11.2. The van der Waals surface area contributed by atoms with E-state index in [1.54, 1.807) is 0 Å². The Labute approximate surface area is 106 Å². The van der Waals surface area contributed by atoms with Gasteiger partial charge in [-0.15, -0.1) is 11.8 Å². The van der Waals surface area contributed by atoms with Gasteiger partial charge in [-0.05, 0) is 43.9 Å². The molecule has 15 heavy (non-hydrogen) atoms. The van der Waals surface area contributed by atoms with Gasteiger partial charge in [0.05, 0.1) is 4.99 Å². The van der Waals surface area contributed by atoms with Crippen LogP contribution in [0.1, 0.15) is 27.2 Å². The molecule has 2 heterocycles. The highest BCUT2D eigenvalue weighted by Gasteiger charge is 2.38. The lowest BCUT2D eigenvalue weighted by Crippen LogP contribution is -2.51. The van der Waals surface area contributed by atoms with Gasteiger partial charge in [0.1, 0.15) is 4.99 Å². The SMILES string of the molecule is CC(C)(C)N1C(=S)C=C2SCCC2C1=S. The topological polar surface area (TPSA) is 3.24 Å². The molecule has 82 valence electrons. The molecule has 0 aromatic heterocycles. The molecule has 4 heteroatoms. The first kappa shape index (κ1) is 11.6. The van der Waals surface area contributed by atoms with E-state index in [1.807, 2.05) is 11.8 Å². The maximum atomic E-state index is 5.57. The molecule has 1 unspecified atom stereocenters. The molecule has 0 amide bonds. The van der Waals surface area contributed by atoms with Crippen molar-refractivity contribution in [3.8, 4) is 0 Å². The number of rotatable bonds is 0. The quantitative estimate of drug-likeness (QED) is 0.612. The van der Waals surface area contributed by atoms with E-state index in [2.05, 4.69) is 31.7 Å². The summed E-state index contributed by atoms with van der Waals surface area (Å²) in [6.45, 7) is 6.48. The van der Waals surface area contributed by atoms with E-state index in [-0.39, 0.29) is 5.54 Å². The Hall–Kier alpha value is 0.0700. The minimum atomic E-state index is 0.00343. The van der Waals surface area contributed by atoms with Crippen LogP contribution in [0, 0.1) is 5.92 Å². The minimum Gasteiger partial charge on any atom is -0.321 e. The molecule has 2 aliphatic rings. The lowest BCUT2D eigenvalue weighted by atomic mass is 9.96. The summed E-state index contributed by atoms with van der Waals surface area (Å²) in [5, 5.41) is 0. The zero-order valence-electron chi connectivity index (χ0n) is 9.24. The average Bonchev–Trinajstić information content (AvgIpc) is 2.48. The minimum absolute atomic E-state index is 0.00343. The number of thiocarbonyl (C=S) groups is 2. The van der Waals surface area contributed by atoms with Crippen LogP contribution in [0.3, 0.4) is 0 Å². The molecule has 0 bridgehead atoms. The zero-order valence-corrected chi connectivity index (χ0v) is 11.7. The van der Waals surface area contributed by atoms with Crippen molar-refractivity contribution >= 4 is 46.2 Å². The fourth-order valence-corrected chi connectivity index (χ4v) is 4.57. The second-order valence-corrected chi connectivity index (χ2v) is 6.92. The third-order valence-corrected chi connectivity index (χ3v) is 4.64. The second-order valence-electron chi connectivity index (χ2n) is 4.92. The standard InChI is InChI=1S/C11H15NS3/c1-11(2,3)12-9(13)6-8-7(10(12)14)4-5-15-8/h6-7H,4-5H2,1-3H3. The summed E-state index contributed by atoms with van der Waals surface area (Å²) in [4.78, 5) is 5.42. The van der Waals surface area contributed by atoms with Gasteiger partial charge in [0.25, 0.3) is 0 Å². The molecule has 0 saturated carbocycles. The van der Waals surface area contributed by atoms with Gasteiger partial charge in [-0.2, -0.15) is 0 Å². The summed E-state index contributed by atoms with van der Waals surface area (Å²) in [6, 6.07) is 0. The first-order valence-electron chi connectivity index (χ1n) is 5.13. The molecule has 1 nitrogen and oxygen atoms in total. The molecule has 2 rings (SSSR count). The summed E-state index contributed by atoms with van der Waals surface area (Å²) in [6.07, 6.45) is 3.31. The molecule has 1 fully saturated rings. The van der Waals surface area contributed by atoms with Crippen molar-refractivity contribution in [1.82, 2.24) is 4.90 Å². The molecular formula is C11H15NS3. The molecule has 0 aliphatic carbocycles. The molecule has 1 atom stereocenters. The van der Waals surface area contributed by atoms with Crippen LogP contribution in [0.2, 0.25) is 0 Å². The van der Waals surface area contributed by atoms with E-state index in [1.165, 1.54) is 17.1 Å². The van der Waals surface area contributed by atoms with Crippen molar-refractivity contribution in [2.75, 3.05) is 5.75 Å². The first-order chi connectivity index (χ1) is 6.91. The van der Waals surface area contributed by atoms with Gasteiger partial charge in [0.2, 0.25) is 0 Å². The average molecular weight is 257 g/mol. The van der Waals surface area contributed by atoms with E-state index in [0.717, 1.165) is 9.98 Å². The molecule has 0 spiro atoms. The van der Waals surface area contributed by atoms with Crippen molar-refractivity contribution in [3.63, 3.8) is 0 Å². The van der Waals surface area contributed by atoms with Crippen molar-refractivity contribution in [2.24, 2.45) is 5.92 Å². The third-order valence-electron chi connectivity index (χ3n) is 2.69. The van der Waals surface area contributed by atoms with Gasteiger partial charge in [-0.3, -0.25) is 0 Å². The smallest absolute Gasteiger partial charge is 0.107 e. The van der Waals surface area contributed by atoms with Crippen LogP contribution >= 0.6 is 36.2 Å². The van der Waals surface area contributed by atoms with Crippen LogP contribution in [-0.2, 0) is 0 Å². The largest absolute Gasteiger partial charge is 0.321 e. The molecule has 2 aliphatic heterocycles. The highest BCUT2D eigenvalue weighted by atomic mass is 32.2.